The van der Waals surface area contributed by atoms with Crippen LogP contribution in [0.1, 0.15) is 25.0 Å². The van der Waals surface area contributed by atoms with Crippen molar-refractivity contribution in [1.82, 2.24) is 4.90 Å². The fourth-order valence-corrected chi connectivity index (χ4v) is 2.56. The molecule has 1 aliphatic rings. The molecule has 1 aliphatic heterocycles. The van der Waals surface area contributed by atoms with Crippen LogP contribution in [0.15, 0.2) is 24.3 Å². The van der Waals surface area contributed by atoms with E-state index < -0.39 is 0 Å². The van der Waals surface area contributed by atoms with Crippen molar-refractivity contribution >= 4 is 0 Å². The average molecular weight is 259 g/mol. The second-order valence-corrected chi connectivity index (χ2v) is 5.11. The summed E-state index contributed by atoms with van der Waals surface area (Å²) in [6, 6.07) is 8.20. The normalized spacial score (nSPS) is 23.7. The van der Waals surface area contributed by atoms with Crippen LogP contribution >= 0.6 is 0 Å². The molecule has 0 saturated carbocycles. The summed E-state index contributed by atoms with van der Waals surface area (Å²) in [7, 11) is 0. The summed E-state index contributed by atoms with van der Waals surface area (Å²) in [5.41, 5.74) is 2.21. The first-order chi connectivity index (χ1) is 9.17. The quantitative estimate of drug-likeness (QED) is 0.820. The fourth-order valence-electron chi connectivity index (χ4n) is 2.56. The molecule has 1 aromatic rings. The molecular weight excluding hydrogens is 238 g/mol. The molecule has 102 valence electrons. The van der Waals surface area contributed by atoms with Crippen LogP contribution in [0.25, 0.3) is 0 Å². The van der Waals surface area contributed by atoms with E-state index in [9.17, 15) is 0 Å². The first-order valence-corrected chi connectivity index (χ1v) is 6.74. The largest absolute Gasteiger partial charge is 0.384 e. The summed E-state index contributed by atoms with van der Waals surface area (Å²) in [6.07, 6.45) is 0.585. The van der Waals surface area contributed by atoms with E-state index in [-0.39, 0.29) is 6.61 Å². The number of aliphatic hydroxyl groups excluding tert-OH is 1. The molecule has 0 amide bonds. The first-order valence-electron chi connectivity index (χ1n) is 6.74. The molecule has 1 heterocycles. The molecule has 3 nitrogen and oxygen atoms in total. The van der Waals surface area contributed by atoms with Gasteiger partial charge in [-0.05, 0) is 31.5 Å². The van der Waals surface area contributed by atoms with Crippen LogP contribution in [-0.4, -0.2) is 41.9 Å². The van der Waals surface area contributed by atoms with Crippen LogP contribution in [0.5, 0.6) is 0 Å². The van der Waals surface area contributed by atoms with Crippen LogP contribution in [0.3, 0.4) is 0 Å². The molecule has 2 atom stereocenters. The summed E-state index contributed by atoms with van der Waals surface area (Å²) in [5, 5.41) is 8.72. The van der Waals surface area contributed by atoms with Gasteiger partial charge in [0, 0.05) is 25.2 Å². The maximum atomic E-state index is 8.72. The number of ether oxygens (including phenoxy) is 1. The minimum atomic E-state index is -0.0945. The lowest BCUT2D eigenvalue weighted by molar-refractivity contribution is -0.0704. The summed E-state index contributed by atoms with van der Waals surface area (Å²) in [5.74, 6) is 5.63. The van der Waals surface area contributed by atoms with Gasteiger partial charge in [-0.2, -0.15) is 0 Å². The average Bonchev–Trinajstić information content (AvgIpc) is 2.35. The highest BCUT2D eigenvalue weighted by atomic mass is 16.5. The van der Waals surface area contributed by atoms with Crippen LogP contribution in [0.2, 0.25) is 0 Å². The molecule has 1 saturated heterocycles. The van der Waals surface area contributed by atoms with Crippen LogP contribution in [0, 0.1) is 11.8 Å². The van der Waals surface area contributed by atoms with Crippen molar-refractivity contribution in [3.63, 3.8) is 0 Å². The van der Waals surface area contributed by atoms with Gasteiger partial charge in [-0.25, -0.2) is 0 Å². The Morgan fingerprint density at radius 1 is 1.32 bits per heavy atom. The molecule has 3 heteroatoms. The Labute approximate surface area is 115 Å². The van der Waals surface area contributed by atoms with Gasteiger partial charge in [0.05, 0.1) is 12.2 Å². The smallest absolute Gasteiger partial charge is 0.104 e. The van der Waals surface area contributed by atoms with Crippen LogP contribution in [0.4, 0.5) is 0 Å². The van der Waals surface area contributed by atoms with E-state index in [0.29, 0.717) is 12.2 Å². The number of morpholine rings is 1. The number of rotatable bonds is 2. The zero-order valence-electron chi connectivity index (χ0n) is 11.6. The minimum Gasteiger partial charge on any atom is -0.384 e. The predicted octanol–water partition coefficient (Wildman–Crippen LogP) is 1.64. The molecule has 1 N–H and O–H groups in total. The van der Waals surface area contributed by atoms with E-state index in [4.69, 9.17) is 9.84 Å². The zero-order chi connectivity index (χ0) is 13.7. The molecule has 2 rings (SSSR count). The van der Waals surface area contributed by atoms with Crippen molar-refractivity contribution in [2.75, 3.05) is 19.7 Å². The topological polar surface area (TPSA) is 32.7 Å². The van der Waals surface area contributed by atoms with Crippen molar-refractivity contribution in [2.24, 2.45) is 0 Å². The Morgan fingerprint density at radius 3 is 2.74 bits per heavy atom. The van der Waals surface area contributed by atoms with Gasteiger partial charge in [0.15, 0.2) is 0 Å². The fraction of sp³-hybridized carbons (Fsp3) is 0.500. The Balaban J connectivity index is 2.02. The second kappa shape index (κ2) is 6.72. The number of hydrogen-bond donors (Lipinski definition) is 1. The van der Waals surface area contributed by atoms with Gasteiger partial charge < -0.3 is 9.84 Å². The lowest BCUT2D eigenvalue weighted by Gasteiger charge is -2.35. The van der Waals surface area contributed by atoms with E-state index in [1.165, 1.54) is 5.56 Å². The Hall–Kier alpha value is -1.34. The number of benzene rings is 1. The van der Waals surface area contributed by atoms with Crippen molar-refractivity contribution in [3.05, 3.63) is 35.4 Å². The van der Waals surface area contributed by atoms with Crippen molar-refractivity contribution in [1.29, 1.82) is 0 Å². The van der Waals surface area contributed by atoms with Gasteiger partial charge in [0.1, 0.15) is 6.61 Å². The molecule has 0 bridgehead atoms. The summed E-state index contributed by atoms with van der Waals surface area (Å²) in [6.45, 7) is 7.00. The van der Waals surface area contributed by atoms with Crippen molar-refractivity contribution in [2.45, 2.75) is 32.6 Å². The summed E-state index contributed by atoms with van der Waals surface area (Å²) >= 11 is 0. The standard InChI is InChI=1S/C16H21NO2/c1-13-10-17(11-14(2)19-13)12-16-6-3-5-15(9-16)7-4-8-18/h3,5-6,9,13-14,18H,8,10-12H2,1-2H3. The number of aliphatic hydroxyl groups is 1. The molecule has 0 spiro atoms. The Morgan fingerprint density at radius 2 is 2.05 bits per heavy atom. The minimum absolute atomic E-state index is 0.0945. The third-order valence-corrected chi connectivity index (χ3v) is 3.14. The monoisotopic (exact) mass is 259 g/mol. The second-order valence-electron chi connectivity index (χ2n) is 5.11. The molecular formula is C16H21NO2. The lowest BCUT2D eigenvalue weighted by Crippen LogP contribution is -2.44. The number of nitrogens with zero attached hydrogens (tertiary/aromatic N) is 1. The predicted molar refractivity (Wildman–Crippen MR) is 75.7 cm³/mol. The van der Waals surface area contributed by atoms with Crippen molar-refractivity contribution < 1.29 is 9.84 Å². The number of hydrogen-bond acceptors (Lipinski definition) is 3. The Bertz CT molecular complexity index is 465. The van der Waals surface area contributed by atoms with E-state index in [1.54, 1.807) is 0 Å². The third kappa shape index (κ3) is 4.36. The molecule has 0 aliphatic carbocycles. The molecule has 1 aromatic carbocycles. The van der Waals surface area contributed by atoms with Gasteiger partial charge in [-0.15, -0.1) is 0 Å². The van der Waals surface area contributed by atoms with Gasteiger partial charge in [-0.1, -0.05) is 24.0 Å². The lowest BCUT2D eigenvalue weighted by atomic mass is 10.1. The highest BCUT2D eigenvalue weighted by molar-refractivity contribution is 5.37. The SMILES string of the molecule is CC1CN(Cc2cccc(C#CCO)c2)CC(C)O1. The molecule has 19 heavy (non-hydrogen) atoms. The van der Waals surface area contributed by atoms with E-state index in [0.717, 1.165) is 25.2 Å². The van der Waals surface area contributed by atoms with Gasteiger partial charge in [0.25, 0.3) is 0 Å². The molecule has 2 unspecified atom stereocenters. The Kier molecular flexibility index (Phi) is 4.98. The highest BCUT2D eigenvalue weighted by Gasteiger charge is 2.21. The van der Waals surface area contributed by atoms with Crippen LogP contribution < -0.4 is 0 Å². The third-order valence-electron chi connectivity index (χ3n) is 3.14. The van der Waals surface area contributed by atoms with Gasteiger partial charge >= 0.3 is 0 Å². The molecule has 1 fully saturated rings. The van der Waals surface area contributed by atoms with Crippen molar-refractivity contribution in [3.8, 4) is 11.8 Å². The maximum Gasteiger partial charge on any atom is 0.104 e. The van der Waals surface area contributed by atoms with E-state index >= 15 is 0 Å². The highest BCUT2D eigenvalue weighted by Crippen LogP contribution is 2.14. The molecule has 0 aromatic heterocycles. The summed E-state index contributed by atoms with van der Waals surface area (Å²) in [4.78, 5) is 2.41. The van der Waals surface area contributed by atoms with Gasteiger partial charge in [-0.3, -0.25) is 4.90 Å². The van der Waals surface area contributed by atoms with E-state index in [2.05, 4.69) is 42.7 Å². The zero-order valence-corrected chi connectivity index (χ0v) is 11.6. The summed E-state index contributed by atoms with van der Waals surface area (Å²) < 4.78 is 5.74. The maximum absolute atomic E-state index is 8.72. The van der Waals surface area contributed by atoms with Gasteiger partial charge in [0.2, 0.25) is 0 Å². The van der Waals surface area contributed by atoms with E-state index in [1.807, 2.05) is 12.1 Å². The molecule has 0 radical (unpaired) electrons. The van der Waals surface area contributed by atoms with Crippen LogP contribution in [-0.2, 0) is 11.3 Å². The first kappa shape index (κ1) is 14.1.